The molecule has 0 aliphatic carbocycles. The fourth-order valence-corrected chi connectivity index (χ4v) is 3.35. The van der Waals surface area contributed by atoms with Crippen molar-refractivity contribution in [3.8, 4) is 0 Å². The van der Waals surface area contributed by atoms with E-state index >= 15 is 0 Å². The first-order valence-electron chi connectivity index (χ1n) is 8.60. The van der Waals surface area contributed by atoms with Gasteiger partial charge in [-0.25, -0.2) is 4.79 Å². The number of nitro benzene ring substituents is 1. The van der Waals surface area contributed by atoms with Crippen LogP contribution >= 0.6 is 0 Å². The molecule has 0 spiro atoms. The number of amides is 1. The van der Waals surface area contributed by atoms with Gasteiger partial charge < -0.3 is 15.3 Å². The number of hydrogen-bond donors (Lipinski definition) is 2. The van der Waals surface area contributed by atoms with E-state index < -0.39 is 22.3 Å². The third kappa shape index (κ3) is 4.30. The Morgan fingerprint density at radius 1 is 1.27 bits per heavy atom. The topological polar surface area (TPSA) is 113 Å². The molecule has 0 aromatic heterocycles. The SMILES string of the molecule is CC1CC(C)CN(c2ccc(C(=O)NC(C)(C)C(=O)O)cc2[N+](=O)[O-])C1. The third-order valence-corrected chi connectivity index (χ3v) is 4.60. The lowest BCUT2D eigenvalue weighted by atomic mass is 9.91. The molecule has 1 amide bonds. The highest BCUT2D eigenvalue weighted by Gasteiger charge is 2.31. The Morgan fingerprint density at radius 3 is 2.35 bits per heavy atom. The summed E-state index contributed by atoms with van der Waals surface area (Å²) >= 11 is 0. The van der Waals surface area contributed by atoms with Gasteiger partial charge in [-0.2, -0.15) is 0 Å². The monoisotopic (exact) mass is 363 g/mol. The van der Waals surface area contributed by atoms with Gasteiger partial charge in [-0.15, -0.1) is 0 Å². The van der Waals surface area contributed by atoms with E-state index in [2.05, 4.69) is 19.2 Å². The molecule has 26 heavy (non-hydrogen) atoms. The van der Waals surface area contributed by atoms with E-state index in [0.29, 0.717) is 17.5 Å². The number of carboxylic acid groups (broad SMARTS) is 1. The summed E-state index contributed by atoms with van der Waals surface area (Å²) in [6, 6.07) is 4.29. The minimum atomic E-state index is -1.47. The number of rotatable bonds is 5. The van der Waals surface area contributed by atoms with Crippen LogP contribution in [0.3, 0.4) is 0 Å². The van der Waals surface area contributed by atoms with Crippen molar-refractivity contribution >= 4 is 23.3 Å². The summed E-state index contributed by atoms with van der Waals surface area (Å²) in [5.41, 5.74) is -1.06. The lowest BCUT2D eigenvalue weighted by Crippen LogP contribution is -2.49. The number of hydrogen-bond acceptors (Lipinski definition) is 5. The molecule has 2 N–H and O–H groups in total. The second-order valence-electron chi connectivity index (χ2n) is 7.70. The molecule has 2 atom stereocenters. The van der Waals surface area contributed by atoms with Gasteiger partial charge in [-0.1, -0.05) is 13.8 Å². The van der Waals surface area contributed by atoms with Crippen LogP contribution in [0, 0.1) is 22.0 Å². The van der Waals surface area contributed by atoms with Gasteiger partial charge >= 0.3 is 5.97 Å². The molecule has 2 rings (SSSR count). The fraction of sp³-hybridized carbons (Fsp3) is 0.556. The number of carboxylic acids is 1. The zero-order chi connectivity index (χ0) is 19.6. The molecule has 8 heteroatoms. The summed E-state index contributed by atoms with van der Waals surface area (Å²) < 4.78 is 0. The van der Waals surface area contributed by atoms with E-state index in [4.69, 9.17) is 5.11 Å². The summed E-state index contributed by atoms with van der Waals surface area (Å²) in [6.45, 7) is 8.39. The van der Waals surface area contributed by atoms with Gasteiger partial charge in [0, 0.05) is 24.7 Å². The Kier molecular flexibility index (Phi) is 5.53. The number of anilines is 1. The van der Waals surface area contributed by atoms with Crippen LogP contribution in [0.4, 0.5) is 11.4 Å². The van der Waals surface area contributed by atoms with Crippen molar-refractivity contribution in [1.29, 1.82) is 0 Å². The molecule has 8 nitrogen and oxygen atoms in total. The predicted octanol–water partition coefficient (Wildman–Crippen LogP) is 2.67. The number of piperidine rings is 1. The maximum atomic E-state index is 12.3. The summed E-state index contributed by atoms with van der Waals surface area (Å²) in [5, 5.41) is 23.0. The van der Waals surface area contributed by atoms with E-state index in [1.54, 1.807) is 6.07 Å². The van der Waals surface area contributed by atoms with Crippen LogP contribution in [0.2, 0.25) is 0 Å². The second kappa shape index (κ2) is 7.31. The van der Waals surface area contributed by atoms with Crippen LogP contribution in [0.15, 0.2) is 18.2 Å². The van der Waals surface area contributed by atoms with Gasteiger partial charge in [0.25, 0.3) is 11.6 Å². The van der Waals surface area contributed by atoms with Crippen molar-refractivity contribution in [2.45, 2.75) is 39.7 Å². The highest BCUT2D eigenvalue weighted by Crippen LogP contribution is 2.33. The van der Waals surface area contributed by atoms with E-state index in [1.807, 2.05) is 4.90 Å². The lowest BCUT2D eigenvalue weighted by molar-refractivity contribution is -0.384. The lowest BCUT2D eigenvalue weighted by Gasteiger charge is -2.36. The molecule has 1 aliphatic heterocycles. The molecular weight excluding hydrogens is 338 g/mol. The van der Waals surface area contributed by atoms with E-state index in [1.165, 1.54) is 26.0 Å². The second-order valence-corrected chi connectivity index (χ2v) is 7.70. The van der Waals surface area contributed by atoms with Crippen LogP contribution in [0.25, 0.3) is 0 Å². The Labute approximate surface area is 152 Å². The van der Waals surface area contributed by atoms with Gasteiger partial charge in [-0.3, -0.25) is 14.9 Å². The number of carbonyl (C=O) groups excluding carboxylic acids is 1. The first-order valence-corrected chi connectivity index (χ1v) is 8.60. The Hall–Kier alpha value is -2.64. The van der Waals surface area contributed by atoms with Crippen molar-refractivity contribution in [2.75, 3.05) is 18.0 Å². The van der Waals surface area contributed by atoms with Gasteiger partial charge in [0.15, 0.2) is 0 Å². The minimum Gasteiger partial charge on any atom is -0.480 e. The number of nitrogens with one attached hydrogen (secondary N) is 1. The van der Waals surface area contributed by atoms with E-state index in [0.717, 1.165) is 19.5 Å². The molecule has 1 aromatic carbocycles. The van der Waals surface area contributed by atoms with Crippen molar-refractivity contribution < 1.29 is 19.6 Å². The first kappa shape index (κ1) is 19.7. The normalized spacial score (nSPS) is 20.5. The first-order chi connectivity index (χ1) is 12.0. The molecule has 1 aromatic rings. The fourth-order valence-electron chi connectivity index (χ4n) is 3.35. The van der Waals surface area contributed by atoms with Crippen LogP contribution in [-0.4, -0.2) is 40.5 Å². The summed E-state index contributed by atoms with van der Waals surface area (Å²) in [5.74, 6) is -0.990. The van der Waals surface area contributed by atoms with Crippen LogP contribution in [-0.2, 0) is 4.79 Å². The average molecular weight is 363 g/mol. The van der Waals surface area contributed by atoms with Crippen LogP contribution in [0.1, 0.15) is 44.5 Å². The van der Waals surface area contributed by atoms with E-state index in [-0.39, 0.29) is 11.3 Å². The van der Waals surface area contributed by atoms with Gasteiger partial charge in [0.05, 0.1) is 4.92 Å². The van der Waals surface area contributed by atoms with Crippen molar-refractivity contribution in [3.05, 3.63) is 33.9 Å². The Bertz CT molecular complexity index is 722. The number of carbonyl (C=O) groups is 2. The van der Waals surface area contributed by atoms with Gasteiger partial charge in [-0.05, 0) is 44.2 Å². The van der Waals surface area contributed by atoms with Crippen molar-refractivity contribution in [2.24, 2.45) is 11.8 Å². The molecule has 0 bridgehead atoms. The minimum absolute atomic E-state index is 0.0629. The van der Waals surface area contributed by atoms with Crippen LogP contribution < -0.4 is 10.2 Å². The molecule has 1 saturated heterocycles. The average Bonchev–Trinajstić information content (AvgIpc) is 2.52. The third-order valence-electron chi connectivity index (χ3n) is 4.60. The van der Waals surface area contributed by atoms with Crippen LogP contribution in [0.5, 0.6) is 0 Å². The number of aliphatic carboxylic acids is 1. The Balaban J connectivity index is 2.33. The summed E-state index contributed by atoms with van der Waals surface area (Å²) in [7, 11) is 0. The highest BCUT2D eigenvalue weighted by molar-refractivity contribution is 5.98. The zero-order valence-electron chi connectivity index (χ0n) is 15.5. The Morgan fingerprint density at radius 2 is 1.85 bits per heavy atom. The van der Waals surface area contributed by atoms with Crippen molar-refractivity contribution in [1.82, 2.24) is 5.32 Å². The molecular formula is C18H25N3O5. The van der Waals surface area contributed by atoms with Gasteiger partial charge in [0.1, 0.15) is 11.2 Å². The number of nitrogens with zero attached hydrogens (tertiary/aromatic N) is 2. The molecule has 1 fully saturated rings. The molecule has 1 heterocycles. The zero-order valence-corrected chi connectivity index (χ0v) is 15.5. The summed E-state index contributed by atoms with van der Waals surface area (Å²) in [6.07, 6.45) is 1.08. The quantitative estimate of drug-likeness (QED) is 0.614. The molecule has 142 valence electrons. The number of benzene rings is 1. The highest BCUT2D eigenvalue weighted by atomic mass is 16.6. The van der Waals surface area contributed by atoms with Gasteiger partial charge in [0.2, 0.25) is 0 Å². The predicted molar refractivity (Wildman–Crippen MR) is 97.4 cm³/mol. The largest absolute Gasteiger partial charge is 0.480 e. The number of nitro groups is 1. The molecule has 0 saturated carbocycles. The summed E-state index contributed by atoms with van der Waals surface area (Å²) in [4.78, 5) is 36.5. The maximum absolute atomic E-state index is 12.3. The molecule has 2 unspecified atom stereocenters. The molecule has 0 radical (unpaired) electrons. The smallest absolute Gasteiger partial charge is 0.328 e. The maximum Gasteiger partial charge on any atom is 0.328 e. The van der Waals surface area contributed by atoms with E-state index in [9.17, 15) is 19.7 Å². The molecule has 1 aliphatic rings. The van der Waals surface area contributed by atoms with Crippen molar-refractivity contribution in [3.63, 3.8) is 0 Å². The standard InChI is InChI=1S/C18H25N3O5/c1-11-7-12(2)10-20(9-11)14-6-5-13(8-15(14)21(25)26)16(22)19-18(3,4)17(23)24/h5-6,8,11-12H,7,9-10H2,1-4H3,(H,19,22)(H,23,24).